The lowest BCUT2D eigenvalue weighted by atomic mass is 9.79. The molecule has 0 spiro atoms. The topological polar surface area (TPSA) is 103 Å². The number of phenols is 1. The molecule has 0 aliphatic rings. The number of aromatic nitrogens is 4. The molecule has 0 aliphatic heterocycles. The smallest absolute Gasteiger partial charge is 0.299 e. The third kappa shape index (κ3) is 7.83. The lowest BCUT2D eigenvalue weighted by Crippen LogP contribution is -2.17. The first-order valence-corrected chi connectivity index (χ1v) is 24.3. The van der Waals surface area contributed by atoms with Crippen molar-refractivity contribution in [2.45, 2.75) is 106 Å². The Bertz CT molecular complexity index is 3850. The van der Waals surface area contributed by atoms with Crippen molar-refractivity contribution in [2.24, 2.45) is 5.41 Å². The molecule has 0 radical (unpaired) electrons. The highest BCUT2D eigenvalue weighted by atomic mass is 16.5. The summed E-state index contributed by atoms with van der Waals surface area (Å²) >= 11 is 0. The molecule has 11 aromatic rings. The molecule has 0 aliphatic carbocycles. The van der Waals surface area contributed by atoms with Crippen molar-refractivity contribution in [3.63, 3.8) is 0 Å². The van der Waals surface area contributed by atoms with E-state index in [4.69, 9.17) is 28.2 Å². The molecule has 5 heterocycles. The van der Waals surface area contributed by atoms with Crippen molar-refractivity contribution in [3.8, 4) is 56.3 Å². The van der Waals surface area contributed by atoms with Crippen LogP contribution in [0.3, 0.4) is 0 Å². The Morgan fingerprint density at radius 3 is 1.97 bits per heavy atom. The Kier molecular flexibility index (Phi) is 10.2. The maximum atomic E-state index is 12.6. The lowest BCUT2D eigenvalue weighted by molar-refractivity contribution is 0.362. The fourth-order valence-corrected chi connectivity index (χ4v) is 9.82. The molecule has 8 heteroatoms. The molecule has 0 fully saturated rings. The van der Waals surface area contributed by atoms with Crippen molar-refractivity contribution in [1.82, 2.24) is 19.5 Å². The van der Waals surface area contributed by atoms with Gasteiger partial charge in [-0.3, -0.25) is 9.55 Å². The zero-order chi connectivity index (χ0) is 49.2. The summed E-state index contributed by atoms with van der Waals surface area (Å²) in [6, 6.07) is 42.2. The fourth-order valence-electron chi connectivity index (χ4n) is 9.82. The molecule has 0 amide bonds. The van der Waals surface area contributed by atoms with Gasteiger partial charge >= 0.3 is 0 Å². The van der Waals surface area contributed by atoms with Gasteiger partial charge < -0.3 is 18.4 Å². The van der Waals surface area contributed by atoms with Gasteiger partial charge in [0.1, 0.15) is 33.8 Å². The Morgan fingerprint density at radius 1 is 0.543 bits per heavy atom. The summed E-state index contributed by atoms with van der Waals surface area (Å²) in [4.78, 5) is 15.3. The molecule has 352 valence electrons. The normalized spacial score (nSPS) is 13.0. The van der Waals surface area contributed by atoms with Gasteiger partial charge in [-0.25, -0.2) is 9.97 Å². The number of hydrogen-bond donors (Lipinski definition) is 1. The van der Waals surface area contributed by atoms with E-state index in [0.29, 0.717) is 28.3 Å². The van der Waals surface area contributed by atoms with Crippen molar-refractivity contribution in [3.05, 3.63) is 150 Å². The highest BCUT2D eigenvalue weighted by Gasteiger charge is 2.31. The molecule has 0 saturated heterocycles. The first kappa shape index (κ1) is 45.0. The van der Waals surface area contributed by atoms with Gasteiger partial charge in [0.15, 0.2) is 11.5 Å². The number of nitrogens with zero attached hydrogens (tertiary/aromatic N) is 4. The third-order valence-electron chi connectivity index (χ3n) is 13.6. The number of furan rings is 2. The summed E-state index contributed by atoms with van der Waals surface area (Å²) in [5, 5.41) is 15.1. The van der Waals surface area contributed by atoms with Gasteiger partial charge in [0.05, 0.1) is 33.2 Å². The lowest BCUT2D eigenvalue weighted by Gasteiger charge is -2.28. The van der Waals surface area contributed by atoms with Crippen LogP contribution >= 0.6 is 0 Å². The Morgan fingerprint density at radius 2 is 1.24 bits per heavy atom. The number of hydrogen-bond acceptors (Lipinski definition) is 7. The van der Waals surface area contributed by atoms with E-state index in [1.54, 1.807) is 0 Å². The summed E-state index contributed by atoms with van der Waals surface area (Å²) in [5.41, 5.74) is 14.7. The summed E-state index contributed by atoms with van der Waals surface area (Å²) in [7, 11) is 0. The van der Waals surface area contributed by atoms with Crippen LogP contribution in [0.1, 0.15) is 106 Å². The molecule has 5 aromatic heterocycles. The summed E-state index contributed by atoms with van der Waals surface area (Å²) < 4.78 is 21.6. The molecule has 0 unspecified atom stereocenters. The maximum Gasteiger partial charge on any atom is 0.299 e. The molecular weight excluding hydrogens is 865 g/mol. The van der Waals surface area contributed by atoms with Crippen LogP contribution in [-0.2, 0) is 22.7 Å². The number of fused-ring (bicyclic) bond motifs is 8. The minimum Gasteiger partial charge on any atom is -0.507 e. The second-order valence-electron chi connectivity index (χ2n) is 23.4. The number of oxazole rings is 1. The Balaban J connectivity index is 1.15. The average molecular weight is 925 g/mol. The summed E-state index contributed by atoms with van der Waals surface area (Å²) in [5.74, 6) is 2.02. The molecule has 11 rings (SSSR count). The van der Waals surface area contributed by atoms with Crippen LogP contribution in [-0.4, -0.2) is 24.6 Å². The molecule has 8 nitrogen and oxygen atoms in total. The molecule has 0 bridgehead atoms. The number of benzene rings is 6. The van der Waals surface area contributed by atoms with E-state index in [0.717, 1.165) is 101 Å². The molecule has 0 saturated carbocycles. The molecule has 0 atom stereocenters. The first-order chi connectivity index (χ1) is 33.1. The monoisotopic (exact) mass is 924 g/mol. The fraction of sp³-hybridized carbons (Fsp3) is 0.274. The summed E-state index contributed by atoms with van der Waals surface area (Å²) in [6.45, 7) is 26.4. The van der Waals surface area contributed by atoms with Crippen LogP contribution in [0.15, 0.2) is 141 Å². The third-order valence-corrected chi connectivity index (χ3v) is 13.6. The standard InChI is InChI=1S/C62H60N4O4/c1-59(2,3)34-52-64-45-21-18-36(30-51(45)68-52)37-26-27-63-46(29-37)38-19-24-49-42(28-38)53-54-50(70-58(53)69-49)25-23-48-55(54)65-57(43-32-40(61(7,8)9)33-44(56(43)67)62(10,11)12)66(48)47-22-20-39(60(4,5)6)31-41(47)35-16-14-13-15-17-35/h13-33,67H,34H2,1-12H3. The number of aromatic hydroxyl groups is 1. The highest BCUT2D eigenvalue weighted by molar-refractivity contribution is 6.25. The number of rotatable bonds is 6. The number of imidazole rings is 1. The van der Waals surface area contributed by atoms with E-state index >= 15 is 0 Å². The SMILES string of the molecule is CC(C)(C)Cc1nc2ccc(-c3ccnc(-c4ccc5oc6oc7ccc8c(nc(-c9cc(C(C)(C)C)cc(C(C)(C)C)c9O)n8-c8ccc(C(C)(C)C)cc8-c8ccccc8)c7c6c5c4)c3)cc2o1. The molecular formula is C62H60N4O4. The van der Waals surface area contributed by atoms with E-state index in [-0.39, 0.29) is 27.4 Å². The number of pyridine rings is 1. The van der Waals surface area contributed by atoms with Crippen LogP contribution in [0.2, 0.25) is 0 Å². The van der Waals surface area contributed by atoms with Gasteiger partial charge in [0.2, 0.25) is 0 Å². The van der Waals surface area contributed by atoms with Crippen molar-refractivity contribution in [2.75, 3.05) is 0 Å². The highest BCUT2D eigenvalue weighted by Crippen LogP contribution is 2.48. The number of phenolic OH excluding ortho intramolecular Hbond substituents is 1. The van der Waals surface area contributed by atoms with Crippen molar-refractivity contribution in [1.29, 1.82) is 0 Å². The average Bonchev–Trinajstić information content (AvgIpc) is 4.07. The Hall–Kier alpha value is -7.45. The van der Waals surface area contributed by atoms with E-state index in [1.165, 1.54) is 5.56 Å². The molecule has 70 heavy (non-hydrogen) atoms. The van der Waals surface area contributed by atoms with Gasteiger partial charge in [-0.05, 0) is 122 Å². The van der Waals surface area contributed by atoms with E-state index in [9.17, 15) is 5.11 Å². The van der Waals surface area contributed by atoms with Crippen LogP contribution < -0.4 is 0 Å². The second kappa shape index (κ2) is 15.8. The van der Waals surface area contributed by atoms with Crippen LogP contribution in [0.25, 0.3) is 106 Å². The minimum absolute atomic E-state index is 0.0648. The van der Waals surface area contributed by atoms with Crippen LogP contribution in [0.5, 0.6) is 5.75 Å². The Labute approximate surface area is 409 Å². The van der Waals surface area contributed by atoms with Gasteiger partial charge in [0.25, 0.3) is 5.78 Å². The predicted octanol–water partition coefficient (Wildman–Crippen LogP) is 17.1. The quantitative estimate of drug-likeness (QED) is 0.177. The van der Waals surface area contributed by atoms with E-state index in [2.05, 4.69) is 179 Å². The van der Waals surface area contributed by atoms with E-state index in [1.807, 2.05) is 36.5 Å². The first-order valence-electron chi connectivity index (χ1n) is 24.3. The van der Waals surface area contributed by atoms with Crippen molar-refractivity contribution < 1.29 is 18.4 Å². The summed E-state index contributed by atoms with van der Waals surface area (Å²) in [6.07, 6.45) is 2.61. The van der Waals surface area contributed by atoms with Gasteiger partial charge in [0, 0.05) is 34.7 Å². The van der Waals surface area contributed by atoms with Gasteiger partial charge in [-0.1, -0.05) is 132 Å². The predicted molar refractivity (Wildman–Crippen MR) is 286 cm³/mol. The molecule has 6 aromatic carbocycles. The van der Waals surface area contributed by atoms with Gasteiger partial charge in [-0.2, -0.15) is 0 Å². The van der Waals surface area contributed by atoms with Crippen LogP contribution in [0, 0.1) is 5.41 Å². The largest absolute Gasteiger partial charge is 0.507 e. The van der Waals surface area contributed by atoms with E-state index < -0.39 is 0 Å². The van der Waals surface area contributed by atoms with Crippen LogP contribution in [0.4, 0.5) is 0 Å². The molecule has 1 N–H and O–H groups in total. The zero-order valence-corrected chi connectivity index (χ0v) is 42.3. The minimum atomic E-state index is -0.354. The van der Waals surface area contributed by atoms with Gasteiger partial charge in [-0.15, -0.1) is 0 Å². The van der Waals surface area contributed by atoms with Crippen molar-refractivity contribution >= 4 is 55.2 Å². The maximum absolute atomic E-state index is 12.6. The second-order valence-corrected chi connectivity index (χ2v) is 23.4. The zero-order valence-electron chi connectivity index (χ0n) is 42.3.